The molecule has 2 N–H and O–H groups in total. The van der Waals surface area contributed by atoms with Crippen LogP contribution in [0.15, 0.2) is 24.4 Å². The second-order valence-electron chi connectivity index (χ2n) is 7.84. The number of hydrogen-bond acceptors (Lipinski definition) is 5. The van der Waals surface area contributed by atoms with Gasteiger partial charge < -0.3 is 10.6 Å². The summed E-state index contributed by atoms with van der Waals surface area (Å²) < 4.78 is 26.7. The van der Waals surface area contributed by atoms with Gasteiger partial charge in [-0.05, 0) is 57.0 Å². The van der Waals surface area contributed by atoms with Crippen LogP contribution in [0.3, 0.4) is 0 Å². The molecule has 1 aromatic carbocycles. The molecule has 0 spiro atoms. The van der Waals surface area contributed by atoms with Gasteiger partial charge in [-0.25, -0.2) is 13.8 Å². The van der Waals surface area contributed by atoms with E-state index in [4.69, 9.17) is 0 Å². The quantitative estimate of drug-likeness (QED) is 0.605. The first-order valence-electron chi connectivity index (χ1n) is 10.6. The highest BCUT2D eigenvalue weighted by Crippen LogP contribution is 2.30. The number of aromatic nitrogens is 1. The smallest absolute Gasteiger partial charge is 0.248 e. The molecule has 3 rings (SSSR count). The third-order valence-electron chi connectivity index (χ3n) is 5.37. The normalized spacial score (nSPS) is 16.1. The summed E-state index contributed by atoms with van der Waals surface area (Å²) >= 11 is 1.44. The minimum absolute atomic E-state index is 0.211. The lowest BCUT2D eigenvalue weighted by atomic mass is 10.1. The lowest BCUT2D eigenvalue weighted by Gasteiger charge is -2.21. The number of hydrogen-bond donors (Lipinski definition) is 2. The van der Waals surface area contributed by atoms with Gasteiger partial charge in [0.05, 0.1) is 6.42 Å². The predicted molar refractivity (Wildman–Crippen MR) is 117 cm³/mol. The molecule has 1 aliphatic rings. The van der Waals surface area contributed by atoms with E-state index in [2.05, 4.69) is 27.4 Å². The molecular weight excluding hydrogens is 422 g/mol. The Morgan fingerprint density at radius 2 is 1.87 bits per heavy atom. The summed E-state index contributed by atoms with van der Waals surface area (Å²) in [5, 5.41) is 5.96. The van der Waals surface area contributed by atoms with Crippen molar-refractivity contribution in [3.05, 3.63) is 46.5 Å². The number of nitrogens with zero attached hydrogens (tertiary/aromatic N) is 2. The largest absolute Gasteiger partial charge is 0.344 e. The Morgan fingerprint density at radius 1 is 1.19 bits per heavy atom. The van der Waals surface area contributed by atoms with Crippen molar-refractivity contribution < 1.29 is 18.4 Å². The van der Waals surface area contributed by atoms with Crippen molar-refractivity contribution in [2.24, 2.45) is 0 Å². The molecule has 2 atom stereocenters. The van der Waals surface area contributed by atoms with Gasteiger partial charge in [0.25, 0.3) is 0 Å². The number of amides is 2. The third kappa shape index (κ3) is 6.54. The van der Waals surface area contributed by atoms with E-state index in [1.807, 2.05) is 6.92 Å². The monoisotopic (exact) mass is 450 g/mol. The van der Waals surface area contributed by atoms with Crippen LogP contribution < -0.4 is 10.6 Å². The SMILES string of the molecule is CCC[C@H](NC(=O)Cc1cc(F)cc(F)c1)C(=O)Nc1ncc(C(C)N2CCCC2)s1. The molecule has 168 valence electrons. The van der Waals surface area contributed by atoms with Crippen molar-refractivity contribution in [1.29, 1.82) is 0 Å². The molecule has 0 radical (unpaired) electrons. The van der Waals surface area contributed by atoms with Crippen LogP contribution in [0.5, 0.6) is 0 Å². The fraction of sp³-hybridized carbons (Fsp3) is 0.500. The lowest BCUT2D eigenvalue weighted by Crippen LogP contribution is -2.44. The van der Waals surface area contributed by atoms with E-state index in [1.54, 1.807) is 6.20 Å². The van der Waals surface area contributed by atoms with E-state index in [9.17, 15) is 18.4 Å². The van der Waals surface area contributed by atoms with E-state index < -0.39 is 23.6 Å². The summed E-state index contributed by atoms with van der Waals surface area (Å²) in [7, 11) is 0. The highest BCUT2D eigenvalue weighted by atomic mass is 32.1. The molecule has 6 nitrogen and oxygen atoms in total. The number of halogens is 2. The number of anilines is 1. The van der Waals surface area contributed by atoms with Gasteiger partial charge in [-0.1, -0.05) is 13.3 Å². The molecule has 0 aliphatic carbocycles. The summed E-state index contributed by atoms with van der Waals surface area (Å²) in [6.07, 6.45) is 5.10. The molecular formula is C22H28F2N4O2S. The Morgan fingerprint density at radius 3 is 2.52 bits per heavy atom. The minimum atomic E-state index is -0.751. The first kappa shape index (κ1) is 23.3. The Bertz CT molecular complexity index is 894. The molecule has 1 unspecified atom stereocenters. The van der Waals surface area contributed by atoms with E-state index in [-0.39, 0.29) is 23.9 Å². The van der Waals surface area contributed by atoms with Crippen molar-refractivity contribution in [1.82, 2.24) is 15.2 Å². The van der Waals surface area contributed by atoms with Crippen LogP contribution in [0.4, 0.5) is 13.9 Å². The first-order chi connectivity index (χ1) is 14.9. The molecule has 0 saturated carbocycles. The molecule has 9 heteroatoms. The second-order valence-corrected chi connectivity index (χ2v) is 8.90. The van der Waals surface area contributed by atoms with E-state index in [0.29, 0.717) is 18.0 Å². The molecule has 1 fully saturated rings. The third-order valence-corrected chi connectivity index (χ3v) is 6.45. The summed E-state index contributed by atoms with van der Waals surface area (Å²) in [6, 6.07) is 2.47. The summed E-state index contributed by atoms with van der Waals surface area (Å²) in [5.41, 5.74) is 0.214. The van der Waals surface area contributed by atoms with Crippen LogP contribution >= 0.6 is 11.3 Å². The Hall–Kier alpha value is -2.39. The molecule has 2 heterocycles. The second kappa shape index (κ2) is 10.8. The average molecular weight is 451 g/mol. The van der Waals surface area contributed by atoms with E-state index in [0.717, 1.165) is 36.2 Å². The summed E-state index contributed by atoms with van der Waals surface area (Å²) in [6.45, 7) is 6.19. The standard InChI is InChI=1S/C22H28F2N4O2S/c1-3-6-18(26-20(29)11-15-9-16(23)12-17(24)10-15)21(30)27-22-25-13-19(31-22)14(2)28-7-4-5-8-28/h9-10,12-14,18H,3-8,11H2,1-2H3,(H,26,29)(H,25,27,30)/t14?,18-/m0/s1. The summed E-state index contributed by atoms with van der Waals surface area (Å²) in [5.74, 6) is -2.31. The van der Waals surface area contributed by atoms with Crippen LogP contribution in [0.25, 0.3) is 0 Å². The lowest BCUT2D eigenvalue weighted by molar-refractivity contribution is -0.126. The predicted octanol–water partition coefficient (Wildman–Crippen LogP) is 4.04. The molecule has 0 bridgehead atoms. The van der Waals surface area contributed by atoms with Gasteiger partial charge in [-0.3, -0.25) is 14.5 Å². The first-order valence-corrected chi connectivity index (χ1v) is 11.4. The Kier molecular flexibility index (Phi) is 8.09. The maximum absolute atomic E-state index is 13.3. The average Bonchev–Trinajstić information content (AvgIpc) is 3.38. The zero-order valence-corrected chi connectivity index (χ0v) is 18.6. The van der Waals surface area contributed by atoms with Crippen LogP contribution in [0.2, 0.25) is 0 Å². The maximum atomic E-state index is 13.3. The number of carbonyl (C=O) groups excluding carboxylic acids is 2. The zero-order valence-electron chi connectivity index (χ0n) is 17.8. The molecule has 31 heavy (non-hydrogen) atoms. The van der Waals surface area contributed by atoms with Crippen LogP contribution in [0, 0.1) is 11.6 Å². The van der Waals surface area contributed by atoms with Gasteiger partial charge in [-0.2, -0.15) is 0 Å². The number of thiazole rings is 1. The Balaban J connectivity index is 1.59. The number of likely N-dealkylation sites (tertiary alicyclic amines) is 1. The zero-order chi connectivity index (χ0) is 22.4. The van der Waals surface area contributed by atoms with Crippen molar-refractivity contribution in [2.75, 3.05) is 18.4 Å². The van der Waals surface area contributed by atoms with Crippen molar-refractivity contribution in [2.45, 2.75) is 58.0 Å². The number of carbonyl (C=O) groups is 2. The molecule has 1 aliphatic heterocycles. The van der Waals surface area contributed by atoms with Crippen molar-refractivity contribution >= 4 is 28.3 Å². The van der Waals surface area contributed by atoms with Gasteiger partial charge in [-0.15, -0.1) is 11.3 Å². The fourth-order valence-electron chi connectivity index (χ4n) is 3.74. The topological polar surface area (TPSA) is 74.3 Å². The fourth-order valence-corrected chi connectivity index (χ4v) is 4.65. The number of benzene rings is 1. The van der Waals surface area contributed by atoms with Gasteiger partial charge in [0.1, 0.15) is 17.7 Å². The van der Waals surface area contributed by atoms with Crippen LogP contribution in [0.1, 0.15) is 56.0 Å². The molecule has 2 aromatic rings. The highest BCUT2D eigenvalue weighted by Gasteiger charge is 2.24. The molecule has 2 amide bonds. The van der Waals surface area contributed by atoms with Crippen LogP contribution in [-0.2, 0) is 16.0 Å². The minimum Gasteiger partial charge on any atom is -0.344 e. The summed E-state index contributed by atoms with van der Waals surface area (Å²) in [4.78, 5) is 32.9. The van der Waals surface area contributed by atoms with Gasteiger partial charge in [0, 0.05) is 23.2 Å². The van der Waals surface area contributed by atoms with E-state index in [1.165, 1.54) is 24.2 Å². The van der Waals surface area contributed by atoms with Gasteiger partial charge in [0.15, 0.2) is 5.13 Å². The Labute approximate surface area is 185 Å². The van der Waals surface area contributed by atoms with Gasteiger partial charge >= 0.3 is 0 Å². The number of nitrogens with one attached hydrogen (secondary N) is 2. The maximum Gasteiger partial charge on any atom is 0.248 e. The van der Waals surface area contributed by atoms with E-state index >= 15 is 0 Å². The van der Waals surface area contributed by atoms with Crippen LogP contribution in [-0.4, -0.2) is 40.8 Å². The number of rotatable bonds is 9. The van der Waals surface area contributed by atoms with Gasteiger partial charge in [0.2, 0.25) is 11.8 Å². The molecule has 1 saturated heterocycles. The van der Waals surface area contributed by atoms with Crippen molar-refractivity contribution in [3.63, 3.8) is 0 Å². The van der Waals surface area contributed by atoms with Crippen molar-refractivity contribution in [3.8, 4) is 0 Å². The highest BCUT2D eigenvalue weighted by molar-refractivity contribution is 7.15. The molecule has 1 aromatic heterocycles.